The van der Waals surface area contributed by atoms with Gasteiger partial charge in [0.2, 0.25) is 0 Å². The molecule has 2 nitrogen and oxygen atoms in total. The normalized spacial score (nSPS) is 41.1. The number of rotatable bonds is 2. The molecule has 102 valence electrons. The smallest absolute Gasteiger partial charge is 0.0618 e. The minimum atomic E-state index is 0.514. The molecule has 0 aromatic heterocycles. The standard InChI is InChI=1S/C15H25NOS/c1-17-12-8-6-11(7-9-12)14-10-18-15-5-3-2-4-13(15)16-14/h11-13,15H,2-10H2,1H3/t11?,12?,13-,15-/m1/s1. The van der Waals surface area contributed by atoms with Crippen molar-refractivity contribution in [1.82, 2.24) is 0 Å². The predicted octanol–water partition coefficient (Wildman–Crippen LogP) is 3.69. The molecule has 0 amide bonds. The summed E-state index contributed by atoms with van der Waals surface area (Å²) < 4.78 is 5.47. The molecule has 0 spiro atoms. The topological polar surface area (TPSA) is 21.6 Å². The molecule has 0 aromatic rings. The van der Waals surface area contributed by atoms with Crippen molar-refractivity contribution in [3.63, 3.8) is 0 Å². The van der Waals surface area contributed by atoms with E-state index in [4.69, 9.17) is 9.73 Å². The Morgan fingerprint density at radius 2 is 1.83 bits per heavy atom. The van der Waals surface area contributed by atoms with E-state index in [0.717, 1.165) is 11.2 Å². The minimum absolute atomic E-state index is 0.514. The molecule has 0 unspecified atom stereocenters. The van der Waals surface area contributed by atoms with Crippen LogP contribution in [0.15, 0.2) is 4.99 Å². The number of fused-ring (bicyclic) bond motifs is 1. The summed E-state index contributed by atoms with van der Waals surface area (Å²) in [5.41, 5.74) is 1.54. The maximum absolute atomic E-state index is 5.47. The SMILES string of the molecule is COC1CCC(C2=N[C@@H]3CCCC[C@H]3SC2)CC1. The number of aliphatic imine (C=N–C) groups is 1. The van der Waals surface area contributed by atoms with Crippen molar-refractivity contribution >= 4 is 17.5 Å². The highest BCUT2D eigenvalue weighted by Gasteiger charge is 2.32. The second-order valence-electron chi connectivity index (χ2n) is 6.03. The van der Waals surface area contributed by atoms with Gasteiger partial charge in [0.1, 0.15) is 0 Å². The van der Waals surface area contributed by atoms with E-state index in [0.29, 0.717) is 12.1 Å². The summed E-state index contributed by atoms with van der Waals surface area (Å²) in [6.07, 6.45) is 11.2. The van der Waals surface area contributed by atoms with Crippen molar-refractivity contribution in [2.24, 2.45) is 10.9 Å². The number of methoxy groups -OCH3 is 1. The molecule has 1 aliphatic heterocycles. The van der Waals surface area contributed by atoms with Gasteiger partial charge in [-0.2, -0.15) is 11.8 Å². The molecule has 2 atom stereocenters. The number of hydrogen-bond donors (Lipinski definition) is 0. The van der Waals surface area contributed by atoms with Crippen LogP contribution in [0.25, 0.3) is 0 Å². The summed E-state index contributed by atoms with van der Waals surface area (Å²) in [4.78, 5) is 5.13. The van der Waals surface area contributed by atoms with Gasteiger partial charge in [-0.15, -0.1) is 0 Å². The molecule has 3 aliphatic rings. The lowest BCUT2D eigenvalue weighted by Crippen LogP contribution is -2.36. The second kappa shape index (κ2) is 5.96. The molecule has 0 N–H and O–H groups in total. The van der Waals surface area contributed by atoms with Gasteiger partial charge in [-0.25, -0.2) is 0 Å². The lowest BCUT2D eigenvalue weighted by atomic mass is 9.84. The Hall–Kier alpha value is -0.0200. The molecule has 0 bridgehead atoms. The summed E-state index contributed by atoms with van der Waals surface area (Å²) in [5.74, 6) is 1.98. The van der Waals surface area contributed by atoms with Crippen LogP contribution in [0.3, 0.4) is 0 Å². The van der Waals surface area contributed by atoms with Gasteiger partial charge in [-0.3, -0.25) is 4.99 Å². The quantitative estimate of drug-likeness (QED) is 0.761. The zero-order valence-corrected chi connectivity index (χ0v) is 12.3. The molecule has 3 rings (SSSR count). The average molecular weight is 267 g/mol. The first kappa shape index (κ1) is 13.0. The molecule has 18 heavy (non-hydrogen) atoms. The Bertz CT molecular complexity index is 310. The van der Waals surface area contributed by atoms with E-state index in [2.05, 4.69) is 11.8 Å². The molecule has 1 heterocycles. The Balaban J connectivity index is 1.61. The van der Waals surface area contributed by atoms with Gasteiger partial charge in [0.15, 0.2) is 0 Å². The van der Waals surface area contributed by atoms with Crippen molar-refractivity contribution in [3.8, 4) is 0 Å². The molecule has 2 aliphatic carbocycles. The Morgan fingerprint density at radius 1 is 1.06 bits per heavy atom. The largest absolute Gasteiger partial charge is 0.381 e. The van der Waals surface area contributed by atoms with E-state index in [1.165, 1.54) is 62.8 Å². The van der Waals surface area contributed by atoms with Crippen molar-refractivity contribution < 1.29 is 4.74 Å². The number of thioether (sulfide) groups is 1. The van der Waals surface area contributed by atoms with Gasteiger partial charge >= 0.3 is 0 Å². The van der Waals surface area contributed by atoms with Gasteiger partial charge in [-0.1, -0.05) is 12.8 Å². The summed E-state index contributed by atoms with van der Waals surface area (Å²) >= 11 is 2.19. The maximum atomic E-state index is 5.47. The first-order valence-corrected chi connectivity index (χ1v) is 8.62. The molecule has 2 fully saturated rings. The fourth-order valence-corrected chi connectivity index (χ4v) is 5.16. The molecule has 0 aromatic carbocycles. The van der Waals surface area contributed by atoms with Crippen LogP contribution in [-0.4, -0.2) is 36.0 Å². The minimum Gasteiger partial charge on any atom is -0.381 e. The van der Waals surface area contributed by atoms with Crippen LogP contribution < -0.4 is 0 Å². The molecule has 2 saturated carbocycles. The van der Waals surface area contributed by atoms with Crippen LogP contribution in [0.1, 0.15) is 51.4 Å². The van der Waals surface area contributed by atoms with Crippen molar-refractivity contribution in [3.05, 3.63) is 0 Å². The Labute approximate surface area is 115 Å². The van der Waals surface area contributed by atoms with Crippen molar-refractivity contribution in [2.75, 3.05) is 12.9 Å². The Kier molecular flexibility index (Phi) is 4.30. The highest BCUT2D eigenvalue weighted by atomic mass is 32.2. The van der Waals surface area contributed by atoms with E-state index in [1.54, 1.807) is 0 Å². The van der Waals surface area contributed by atoms with Gasteiger partial charge in [0.05, 0.1) is 12.1 Å². The number of nitrogens with zero attached hydrogens (tertiary/aromatic N) is 1. The summed E-state index contributed by atoms with van der Waals surface area (Å²) in [7, 11) is 1.85. The van der Waals surface area contributed by atoms with Crippen LogP contribution in [0.2, 0.25) is 0 Å². The zero-order valence-electron chi connectivity index (χ0n) is 11.4. The number of ether oxygens (including phenoxy) is 1. The van der Waals surface area contributed by atoms with Crippen molar-refractivity contribution in [2.45, 2.75) is 68.8 Å². The van der Waals surface area contributed by atoms with Crippen molar-refractivity contribution in [1.29, 1.82) is 0 Å². The Morgan fingerprint density at radius 3 is 2.61 bits per heavy atom. The first-order chi connectivity index (χ1) is 8.86. The van der Waals surface area contributed by atoms with Crippen LogP contribution in [0.4, 0.5) is 0 Å². The van der Waals surface area contributed by atoms with Crippen LogP contribution in [0.5, 0.6) is 0 Å². The molecule has 0 radical (unpaired) electrons. The molecular weight excluding hydrogens is 242 g/mol. The summed E-state index contributed by atoms with van der Waals surface area (Å²) in [6, 6.07) is 0.660. The monoisotopic (exact) mass is 267 g/mol. The van der Waals surface area contributed by atoms with Crippen LogP contribution in [0, 0.1) is 5.92 Å². The van der Waals surface area contributed by atoms with Crippen LogP contribution in [-0.2, 0) is 4.74 Å². The third-order valence-corrected chi connectivity index (χ3v) is 6.36. The highest BCUT2D eigenvalue weighted by Crippen LogP contribution is 2.37. The molecular formula is C15H25NOS. The maximum Gasteiger partial charge on any atom is 0.0618 e. The van der Waals surface area contributed by atoms with E-state index >= 15 is 0 Å². The molecule has 0 saturated heterocycles. The fourth-order valence-electron chi connectivity index (χ4n) is 3.72. The van der Waals surface area contributed by atoms with E-state index < -0.39 is 0 Å². The second-order valence-corrected chi connectivity index (χ2v) is 7.26. The molecule has 3 heteroatoms. The zero-order chi connectivity index (χ0) is 12.4. The summed E-state index contributed by atoms with van der Waals surface area (Å²) in [5, 5.41) is 0.845. The fraction of sp³-hybridized carbons (Fsp3) is 0.933. The lowest BCUT2D eigenvalue weighted by molar-refractivity contribution is 0.0646. The predicted molar refractivity (Wildman–Crippen MR) is 78.7 cm³/mol. The third kappa shape index (κ3) is 2.77. The van der Waals surface area contributed by atoms with Gasteiger partial charge < -0.3 is 4.74 Å². The lowest BCUT2D eigenvalue weighted by Gasteiger charge is -2.36. The van der Waals surface area contributed by atoms with E-state index in [9.17, 15) is 0 Å². The van der Waals surface area contributed by atoms with E-state index in [-0.39, 0.29) is 0 Å². The number of hydrogen-bond acceptors (Lipinski definition) is 3. The van der Waals surface area contributed by atoms with Gasteiger partial charge in [0.25, 0.3) is 0 Å². The van der Waals surface area contributed by atoms with Crippen LogP contribution >= 0.6 is 11.8 Å². The van der Waals surface area contributed by atoms with E-state index in [1.807, 2.05) is 7.11 Å². The third-order valence-electron chi connectivity index (χ3n) is 4.92. The summed E-state index contributed by atoms with van der Waals surface area (Å²) in [6.45, 7) is 0. The first-order valence-electron chi connectivity index (χ1n) is 7.58. The van der Waals surface area contributed by atoms with Gasteiger partial charge in [-0.05, 0) is 44.4 Å². The highest BCUT2D eigenvalue weighted by molar-refractivity contribution is 8.00. The average Bonchev–Trinajstić information content (AvgIpc) is 2.47. The van der Waals surface area contributed by atoms with Gasteiger partial charge in [0, 0.05) is 23.8 Å².